The number of halogens is 1. The van der Waals surface area contributed by atoms with Gasteiger partial charge in [0, 0.05) is 21.8 Å². The summed E-state index contributed by atoms with van der Waals surface area (Å²) in [6.45, 7) is 2.08. The third-order valence-electron chi connectivity index (χ3n) is 3.77. The van der Waals surface area contributed by atoms with Gasteiger partial charge in [-0.2, -0.15) is 0 Å². The van der Waals surface area contributed by atoms with Crippen LogP contribution in [0, 0.1) is 6.92 Å². The minimum atomic E-state index is -0.108. The average molecular weight is 325 g/mol. The molecule has 4 heteroatoms. The Morgan fingerprint density at radius 2 is 1.65 bits per heavy atom. The molecule has 0 radical (unpaired) electrons. The molecule has 0 aliphatic rings. The second-order valence-corrected chi connectivity index (χ2v) is 5.75. The van der Waals surface area contributed by atoms with E-state index in [9.17, 15) is 4.79 Å². The van der Waals surface area contributed by atoms with Crippen LogP contribution in [0.3, 0.4) is 0 Å². The lowest BCUT2D eigenvalue weighted by molar-refractivity contribution is -0.114. The molecular weight excluding hydrogens is 308 g/mol. The van der Waals surface area contributed by atoms with Gasteiger partial charge in [-0.15, -0.1) is 0 Å². The van der Waals surface area contributed by atoms with E-state index >= 15 is 0 Å². The van der Waals surface area contributed by atoms with Crippen molar-refractivity contribution in [1.82, 2.24) is 0 Å². The highest BCUT2D eigenvalue weighted by Crippen LogP contribution is 2.24. The Bertz CT molecular complexity index is 856. The van der Waals surface area contributed by atoms with Gasteiger partial charge in [0.05, 0.1) is 6.54 Å². The smallest absolute Gasteiger partial charge is 0.243 e. The predicted molar refractivity (Wildman–Crippen MR) is 97.3 cm³/mol. The van der Waals surface area contributed by atoms with Crippen LogP contribution in [0.5, 0.6) is 0 Å². The van der Waals surface area contributed by atoms with E-state index in [0.717, 1.165) is 27.7 Å². The summed E-state index contributed by atoms with van der Waals surface area (Å²) in [5.74, 6) is -0.108. The lowest BCUT2D eigenvalue weighted by Gasteiger charge is -2.12. The first-order valence-electron chi connectivity index (χ1n) is 7.42. The lowest BCUT2D eigenvalue weighted by atomic mass is 10.1. The molecule has 0 fully saturated rings. The van der Waals surface area contributed by atoms with Crippen LogP contribution in [0.15, 0.2) is 60.7 Å². The van der Waals surface area contributed by atoms with Crippen LogP contribution in [0.2, 0.25) is 5.02 Å². The maximum Gasteiger partial charge on any atom is 0.243 e. The van der Waals surface area contributed by atoms with E-state index in [-0.39, 0.29) is 12.5 Å². The number of rotatable bonds is 4. The van der Waals surface area contributed by atoms with Gasteiger partial charge < -0.3 is 10.6 Å². The molecule has 3 rings (SSSR count). The molecule has 0 saturated heterocycles. The van der Waals surface area contributed by atoms with E-state index in [1.165, 1.54) is 0 Å². The fraction of sp³-hybridized carbons (Fsp3) is 0.105. The maximum atomic E-state index is 12.2. The molecule has 1 amide bonds. The molecule has 116 valence electrons. The van der Waals surface area contributed by atoms with Gasteiger partial charge in [0.15, 0.2) is 0 Å². The molecule has 3 aromatic rings. The molecule has 0 unspecified atom stereocenters. The van der Waals surface area contributed by atoms with E-state index in [1.807, 2.05) is 49.4 Å². The fourth-order valence-corrected chi connectivity index (χ4v) is 2.67. The molecule has 0 atom stereocenters. The third-order valence-corrected chi connectivity index (χ3v) is 4.18. The zero-order chi connectivity index (χ0) is 16.2. The summed E-state index contributed by atoms with van der Waals surface area (Å²) in [7, 11) is 0. The zero-order valence-corrected chi connectivity index (χ0v) is 13.5. The average Bonchev–Trinajstić information content (AvgIpc) is 2.57. The first-order chi connectivity index (χ1) is 11.1. The molecule has 0 bridgehead atoms. The Kier molecular flexibility index (Phi) is 4.49. The number of carbonyl (C=O) groups is 1. The second kappa shape index (κ2) is 6.71. The van der Waals surface area contributed by atoms with Gasteiger partial charge in [0.2, 0.25) is 5.91 Å². The summed E-state index contributed by atoms with van der Waals surface area (Å²) >= 11 is 6.07. The van der Waals surface area contributed by atoms with Crippen LogP contribution in [0.25, 0.3) is 10.8 Å². The number of fused-ring (bicyclic) bond motifs is 1. The molecule has 2 N–H and O–H groups in total. The Morgan fingerprint density at radius 3 is 2.52 bits per heavy atom. The topological polar surface area (TPSA) is 41.1 Å². The largest absolute Gasteiger partial charge is 0.376 e. The summed E-state index contributed by atoms with van der Waals surface area (Å²) in [6.07, 6.45) is 0. The SMILES string of the molecule is Cc1c(Cl)cccc1NC(=O)CNc1cccc2ccccc12. The van der Waals surface area contributed by atoms with Crippen molar-refractivity contribution >= 4 is 39.7 Å². The first-order valence-corrected chi connectivity index (χ1v) is 7.79. The summed E-state index contributed by atoms with van der Waals surface area (Å²) in [6, 6.07) is 19.6. The van der Waals surface area contributed by atoms with Crippen molar-refractivity contribution in [3.05, 3.63) is 71.2 Å². The van der Waals surface area contributed by atoms with Gasteiger partial charge in [-0.05, 0) is 36.1 Å². The molecule has 0 spiro atoms. The van der Waals surface area contributed by atoms with Crippen molar-refractivity contribution < 1.29 is 4.79 Å². The minimum absolute atomic E-state index is 0.108. The fourth-order valence-electron chi connectivity index (χ4n) is 2.49. The van der Waals surface area contributed by atoms with E-state index in [2.05, 4.69) is 22.8 Å². The van der Waals surface area contributed by atoms with Gasteiger partial charge in [0.25, 0.3) is 0 Å². The minimum Gasteiger partial charge on any atom is -0.376 e. The molecule has 0 aliphatic carbocycles. The van der Waals surface area contributed by atoms with E-state index < -0.39 is 0 Å². The van der Waals surface area contributed by atoms with Crippen molar-refractivity contribution in [3.63, 3.8) is 0 Å². The number of hydrogen-bond donors (Lipinski definition) is 2. The summed E-state index contributed by atoms with van der Waals surface area (Å²) in [5, 5.41) is 8.96. The molecule has 0 saturated carbocycles. The van der Waals surface area contributed by atoms with Crippen LogP contribution in [0.1, 0.15) is 5.56 Å². The highest BCUT2D eigenvalue weighted by molar-refractivity contribution is 6.31. The van der Waals surface area contributed by atoms with Crippen LogP contribution in [-0.4, -0.2) is 12.5 Å². The molecule has 3 nitrogen and oxygen atoms in total. The monoisotopic (exact) mass is 324 g/mol. The van der Waals surface area contributed by atoms with Crippen LogP contribution < -0.4 is 10.6 Å². The quantitative estimate of drug-likeness (QED) is 0.720. The molecule has 0 aromatic heterocycles. The van der Waals surface area contributed by atoms with Crippen LogP contribution in [0.4, 0.5) is 11.4 Å². The van der Waals surface area contributed by atoms with Crippen LogP contribution >= 0.6 is 11.6 Å². The Hall–Kier alpha value is -2.52. The number of anilines is 2. The molecule has 0 heterocycles. The first kappa shape index (κ1) is 15.4. The molecule has 3 aromatic carbocycles. The number of amides is 1. The maximum absolute atomic E-state index is 12.2. The Morgan fingerprint density at radius 1 is 0.957 bits per heavy atom. The number of benzene rings is 3. The highest BCUT2D eigenvalue weighted by atomic mass is 35.5. The number of carbonyl (C=O) groups excluding carboxylic acids is 1. The second-order valence-electron chi connectivity index (χ2n) is 5.34. The zero-order valence-electron chi connectivity index (χ0n) is 12.8. The normalized spacial score (nSPS) is 10.5. The molecule has 23 heavy (non-hydrogen) atoms. The standard InChI is InChI=1S/C19H17ClN2O/c1-13-16(20)9-5-10-17(13)22-19(23)12-21-18-11-4-7-14-6-2-3-8-15(14)18/h2-11,21H,12H2,1H3,(H,22,23). The highest BCUT2D eigenvalue weighted by Gasteiger charge is 2.07. The van der Waals surface area contributed by atoms with Gasteiger partial charge in [-0.3, -0.25) is 4.79 Å². The Labute approximate surface area is 140 Å². The molecular formula is C19H17ClN2O. The Balaban J connectivity index is 1.70. The summed E-state index contributed by atoms with van der Waals surface area (Å²) in [4.78, 5) is 12.2. The third kappa shape index (κ3) is 3.46. The predicted octanol–water partition coefficient (Wildman–Crippen LogP) is 4.85. The van der Waals surface area contributed by atoms with Crippen molar-refractivity contribution in [2.45, 2.75) is 6.92 Å². The van der Waals surface area contributed by atoms with E-state index in [1.54, 1.807) is 6.07 Å². The summed E-state index contributed by atoms with van der Waals surface area (Å²) < 4.78 is 0. The number of nitrogens with one attached hydrogen (secondary N) is 2. The van der Waals surface area contributed by atoms with E-state index in [4.69, 9.17) is 11.6 Å². The van der Waals surface area contributed by atoms with Crippen molar-refractivity contribution in [3.8, 4) is 0 Å². The van der Waals surface area contributed by atoms with E-state index in [0.29, 0.717) is 5.02 Å². The molecule has 0 aliphatic heterocycles. The van der Waals surface area contributed by atoms with Gasteiger partial charge >= 0.3 is 0 Å². The van der Waals surface area contributed by atoms with Crippen LogP contribution in [-0.2, 0) is 4.79 Å². The van der Waals surface area contributed by atoms with Gasteiger partial charge in [-0.1, -0.05) is 54.1 Å². The lowest BCUT2D eigenvalue weighted by Crippen LogP contribution is -2.22. The van der Waals surface area contributed by atoms with Gasteiger partial charge in [0.1, 0.15) is 0 Å². The number of hydrogen-bond acceptors (Lipinski definition) is 2. The van der Waals surface area contributed by atoms with Crippen molar-refractivity contribution in [1.29, 1.82) is 0 Å². The van der Waals surface area contributed by atoms with Crippen molar-refractivity contribution in [2.24, 2.45) is 0 Å². The van der Waals surface area contributed by atoms with Crippen molar-refractivity contribution in [2.75, 3.05) is 17.2 Å². The van der Waals surface area contributed by atoms with Gasteiger partial charge in [-0.25, -0.2) is 0 Å². The summed E-state index contributed by atoms with van der Waals surface area (Å²) in [5.41, 5.74) is 2.55.